The third kappa shape index (κ3) is 2.98. The van der Waals surface area contributed by atoms with Gasteiger partial charge in [-0.3, -0.25) is 14.9 Å². The summed E-state index contributed by atoms with van der Waals surface area (Å²) in [6, 6.07) is 9.34. The molecule has 7 heteroatoms. The average molecular weight is 302 g/mol. The molecule has 1 amide bonds. The highest BCUT2D eigenvalue weighted by atomic mass is 16.6. The standard InChI is InChI=1S/C15H14N2O5/c1-21-11-5-10(6-12(8-11)22-2)9-3-4-13(15(16)18)14(7-9)17(19)20/h3-8H,1-2H3,(H2,16,18). The highest BCUT2D eigenvalue weighted by Gasteiger charge is 2.19. The normalized spacial score (nSPS) is 10.1. The van der Waals surface area contributed by atoms with Crippen LogP contribution in [0.2, 0.25) is 0 Å². The summed E-state index contributed by atoms with van der Waals surface area (Å²) >= 11 is 0. The Morgan fingerprint density at radius 2 is 1.64 bits per heavy atom. The van der Waals surface area contributed by atoms with Crippen LogP contribution in [0.5, 0.6) is 11.5 Å². The molecule has 22 heavy (non-hydrogen) atoms. The van der Waals surface area contributed by atoms with E-state index in [1.165, 1.54) is 26.4 Å². The highest BCUT2D eigenvalue weighted by molar-refractivity contribution is 5.97. The number of nitro benzene ring substituents is 1. The number of nitrogens with zero attached hydrogens (tertiary/aromatic N) is 1. The molecule has 0 aliphatic heterocycles. The first-order valence-electron chi connectivity index (χ1n) is 6.28. The lowest BCUT2D eigenvalue weighted by Crippen LogP contribution is -2.13. The van der Waals surface area contributed by atoms with Gasteiger partial charge in [-0.1, -0.05) is 6.07 Å². The van der Waals surface area contributed by atoms with E-state index in [9.17, 15) is 14.9 Å². The number of methoxy groups -OCH3 is 2. The summed E-state index contributed by atoms with van der Waals surface area (Å²) in [5.74, 6) is 0.258. The SMILES string of the molecule is COc1cc(OC)cc(-c2ccc(C(N)=O)c([N+](=O)[O-])c2)c1. The summed E-state index contributed by atoms with van der Waals surface area (Å²) < 4.78 is 10.3. The minimum Gasteiger partial charge on any atom is -0.497 e. The van der Waals surface area contributed by atoms with Crippen LogP contribution in [0.4, 0.5) is 5.69 Å². The molecule has 0 heterocycles. The fourth-order valence-corrected chi connectivity index (χ4v) is 2.04. The lowest BCUT2D eigenvalue weighted by atomic mass is 10.0. The van der Waals surface area contributed by atoms with Crippen molar-refractivity contribution in [3.8, 4) is 22.6 Å². The van der Waals surface area contributed by atoms with Crippen molar-refractivity contribution in [2.24, 2.45) is 5.73 Å². The topological polar surface area (TPSA) is 105 Å². The van der Waals surface area contributed by atoms with E-state index in [4.69, 9.17) is 15.2 Å². The Labute approximate surface area is 126 Å². The maximum Gasteiger partial charge on any atom is 0.282 e. The number of carbonyl (C=O) groups is 1. The van der Waals surface area contributed by atoms with Crippen molar-refractivity contribution in [2.45, 2.75) is 0 Å². The number of nitrogens with two attached hydrogens (primary N) is 1. The first-order chi connectivity index (χ1) is 10.5. The molecular formula is C15H14N2O5. The molecule has 0 aromatic heterocycles. The number of benzene rings is 2. The Morgan fingerprint density at radius 1 is 1.05 bits per heavy atom. The van der Waals surface area contributed by atoms with E-state index in [1.807, 2.05) is 0 Å². The summed E-state index contributed by atoms with van der Waals surface area (Å²) in [6.45, 7) is 0. The van der Waals surface area contributed by atoms with Crippen molar-refractivity contribution in [3.05, 3.63) is 52.1 Å². The Kier molecular flexibility index (Phi) is 4.26. The zero-order valence-electron chi connectivity index (χ0n) is 12.0. The van der Waals surface area contributed by atoms with Crippen LogP contribution in [0.3, 0.4) is 0 Å². The second-order valence-electron chi connectivity index (χ2n) is 4.45. The van der Waals surface area contributed by atoms with Crippen molar-refractivity contribution in [2.75, 3.05) is 14.2 Å². The van der Waals surface area contributed by atoms with E-state index in [0.717, 1.165) is 0 Å². The number of nitro groups is 1. The third-order valence-electron chi connectivity index (χ3n) is 3.14. The molecule has 114 valence electrons. The lowest BCUT2D eigenvalue weighted by molar-refractivity contribution is -0.385. The number of rotatable bonds is 5. The molecule has 0 saturated heterocycles. The number of amides is 1. The minimum absolute atomic E-state index is 0.136. The van der Waals surface area contributed by atoms with E-state index in [2.05, 4.69) is 0 Å². The van der Waals surface area contributed by atoms with E-state index in [-0.39, 0.29) is 11.3 Å². The van der Waals surface area contributed by atoms with Gasteiger partial charge < -0.3 is 15.2 Å². The molecule has 2 aromatic rings. The molecule has 0 bridgehead atoms. The number of primary amides is 1. The van der Waals surface area contributed by atoms with Gasteiger partial charge in [0.05, 0.1) is 19.1 Å². The zero-order valence-corrected chi connectivity index (χ0v) is 12.0. The zero-order chi connectivity index (χ0) is 16.3. The number of carbonyl (C=O) groups excluding carboxylic acids is 1. The van der Waals surface area contributed by atoms with Crippen LogP contribution in [0.15, 0.2) is 36.4 Å². The molecule has 0 aliphatic carbocycles. The summed E-state index contributed by atoms with van der Waals surface area (Å²) in [4.78, 5) is 21.7. The lowest BCUT2D eigenvalue weighted by Gasteiger charge is -2.09. The molecular weight excluding hydrogens is 288 g/mol. The van der Waals surface area contributed by atoms with E-state index in [1.54, 1.807) is 24.3 Å². The molecule has 2 aromatic carbocycles. The van der Waals surface area contributed by atoms with Crippen LogP contribution >= 0.6 is 0 Å². The molecule has 0 unspecified atom stereocenters. The fourth-order valence-electron chi connectivity index (χ4n) is 2.04. The van der Waals surface area contributed by atoms with Gasteiger partial charge in [0.1, 0.15) is 17.1 Å². The predicted molar refractivity (Wildman–Crippen MR) is 80.2 cm³/mol. The average Bonchev–Trinajstić information content (AvgIpc) is 2.53. The fraction of sp³-hybridized carbons (Fsp3) is 0.133. The molecule has 7 nitrogen and oxygen atoms in total. The van der Waals surface area contributed by atoms with Gasteiger partial charge in [0.25, 0.3) is 11.6 Å². The quantitative estimate of drug-likeness (QED) is 0.674. The smallest absolute Gasteiger partial charge is 0.282 e. The second-order valence-corrected chi connectivity index (χ2v) is 4.45. The van der Waals surface area contributed by atoms with Gasteiger partial charge in [0.2, 0.25) is 0 Å². The molecule has 0 aliphatic rings. The summed E-state index contributed by atoms with van der Waals surface area (Å²) in [5, 5.41) is 11.1. The first-order valence-corrected chi connectivity index (χ1v) is 6.28. The molecule has 2 rings (SSSR count). The first kappa shape index (κ1) is 15.3. The molecule has 0 atom stereocenters. The molecule has 2 N–H and O–H groups in total. The Morgan fingerprint density at radius 3 is 2.09 bits per heavy atom. The number of hydrogen-bond donors (Lipinski definition) is 1. The molecule has 0 radical (unpaired) electrons. The van der Waals surface area contributed by atoms with Crippen LogP contribution in [0, 0.1) is 10.1 Å². The third-order valence-corrected chi connectivity index (χ3v) is 3.14. The van der Waals surface area contributed by atoms with Gasteiger partial charge in [-0.05, 0) is 29.3 Å². The number of ether oxygens (including phenoxy) is 2. The number of hydrogen-bond acceptors (Lipinski definition) is 5. The van der Waals surface area contributed by atoms with Crippen LogP contribution in [0.25, 0.3) is 11.1 Å². The Bertz CT molecular complexity index is 720. The minimum atomic E-state index is -0.846. The van der Waals surface area contributed by atoms with Crippen molar-refractivity contribution in [1.82, 2.24) is 0 Å². The summed E-state index contributed by atoms with van der Waals surface area (Å²) in [7, 11) is 3.02. The largest absolute Gasteiger partial charge is 0.497 e. The van der Waals surface area contributed by atoms with Crippen LogP contribution in [-0.4, -0.2) is 25.1 Å². The predicted octanol–water partition coefficient (Wildman–Crippen LogP) is 2.38. The Hall–Kier alpha value is -3.09. The van der Waals surface area contributed by atoms with E-state index in [0.29, 0.717) is 22.6 Å². The van der Waals surface area contributed by atoms with E-state index < -0.39 is 10.8 Å². The van der Waals surface area contributed by atoms with Gasteiger partial charge in [-0.25, -0.2) is 0 Å². The van der Waals surface area contributed by atoms with Gasteiger partial charge >= 0.3 is 0 Å². The molecule has 0 fully saturated rings. The van der Waals surface area contributed by atoms with Crippen molar-refractivity contribution < 1.29 is 19.2 Å². The van der Waals surface area contributed by atoms with Crippen LogP contribution in [0.1, 0.15) is 10.4 Å². The highest BCUT2D eigenvalue weighted by Crippen LogP contribution is 2.32. The van der Waals surface area contributed by atoms with Crippen molar-refractivity contribution >= 4 is 11.6 Å². The maximum atomic E-state index is 11.3. The van der Waals surface area contributed by atoms with Gasteiger partial charge in [0.15, 0.2) is 0 Å². The van der Waals surface area contributed by atoms with Gasteiger partial charge in [-0.15, -0.1) is 0 Å². The summed E-state index contributed by atoms with van der Waals surface area (Å²) in [5.41, 5.74) is 5.88. The van der Waals surface area contributed by atoms with Crippen LogP contribution < -0.4 is 15.2 Å². The monoisotopic (exact) mass is 302 g/mol. The Balaban J connectivity index is 2.60. The van der Waals surface area contributed by atoms with E-state index >= 15 is 0 Å². The van der Waals surface area contributed by atoms with Crippen molar-refractivity contribution in [1.29, 1.82) is 0 Å². The molecule has 0 saturated carbocycles. The second kappa shape index (κ2) is 6.13. The maximum absolute atomic E-state index is 11.3. The molecule has 0 spiro atoms. The van der Waals surface area contributed by atoms with Gasteiger partial charge in [-0.2, -0.15) is 0 Å². The van der Waals surface area contributed by atoms with Crippen LogP contribution in [-0.2, 0) is 0 Å². The summed E-state index contributed by atoms with van der Waals surface area (Å²) in [6.07, 6.45) is 0. The van der Waals surface area contributed by atoms with Crippen molar-refractivity contribution in [3.63, 3.8) is 0 Å². The van der Waals surface area contributed by atoms with Gasteiger partial charge in [0, 0.05) is 12.1 Å².